The molecule has 0 amide bonds. The van der Waals surface area contributed by atoms with Crippen molar-refractivity contribution in [1.82, 2.24) is 15.1 Å². The van der Waals surface area contributed by atoms with E-state index in [1.807, 2.05) is 17.9 Å². The molecule has 0 saturated heterocycles. The maximum Gasteiger partial charge on any atom is 0.0656 e. The van der Waals surface area contributed by atoms with Crippen molar-refractivity contribution in [2.45, 2.75) is 25.9 Å². The van der Waals surface area contributed by atoms with E-state index in [0.29, 0.717) is 0 Å². The Morgan fingerprint density at radius 1 is 1.53 bits per heavy atom. The topological polar surface area (TPSA) is 29.9 Å². The third-order valence-corrected chi connectivity index (χ3v) is 4.46. The summed E-state index contributed by atoms with van der Waals surface area (Å²) in [6.07, 6.45) is 5.21. The van der Waals surface area contributed by atoms with Crippen LogP contribution in [0.2, 0.25) is 0 Å². The van der Waals surface area contributed by atoms with E-state index in [1.54, 1.807) is 11.3 Å². The average Bonchev–Trinajstić information content (AvgIpc) is 2.91. The highest BCUT2D eigenvalue weighted by Crippen LogP contribution is 2.26. The number of thiophene rings is 1. The second kappa shape index (κ2) is 5.97. The van der Waals surface area contributed by atoms with Crippen LogP contribution in [0.25, 0.3) is 0 Å². The van der Waals surface area contributed by atoms with Crippen molar-refractivity contribution in [3.05, 3.63) is 37.9 Å². The van der Waals surface area contributed by atoms with Gasteiger partial charge in [0.1, 0.15) is 0 Å². The summed E-state index contributed by atoms with van der Waals surface area (Å²) in [6, 6.07) is 2.48. The Kier molecular flexibility index (Phi) is 4.58. The number of rotatable bonds is 5. The maximum atomic E-state index is 4.39. The second-order valence-corrected chi connectivity index (χ2v) is 6.75. The minimum absolute atomic E-state index is 0.250. The molecule has 2 rings (SSSR count). The Morgan fingerprint density at radius 3 is 2.94 bits per heavy atom. The van der Waals surface area contributed by atoms with Crippen LogP contribution in [0.1, 0.15) is 30.5 Å². The fourth-order valence-electron chi connectivity index (χ4n) is 1.88. The normalized spacial score (nSPS) is 12.9. The van der Waals surface area contributed by atoms with Crippen LogP contribution in [0.4, 0.5) is 0 Å². The van der Waals surface area contributed by atoms with Crippen LogP contribution >= 0.6 is 33.9 Å². The van der Waals surface area contributed by atoms with E-state index in [2.05, 4.69) is 57.6 Å². The van der Waals surface area contributed by atoms with E-state index >= 15 is 0 Å². The van der Waals surface area contributed by atoms with Crippen LogP contribution in [0.15, 0.2) is 23.8 Å². The van der Waals surface area contributed by atoms with Crippen molar-refractivity contribution in [2.75, 3.05) is 7.05 Å². The summed E-state index contributed by atoms with van der Waals surface area (Å²) in [5, 5.41) is 9.95. The quantitative estimate of drug-likeness (QED) is 0.829. The summed E-state index contributed by atoms with van der Waals surface area (Å²) in [5.41, 5.74) is 2.55. The van der Waals surface area contributed by atoms with Crippen LogP contribution in [0, 0.1) is 2.88 Å². The van der Waals surface area contributed by atoms with E-state index < -0.39 is 0 Å². The molecule has 2 aromatic heterocycles. The Bertz CT molecular complexity index is 478. The number of nitrogens with zero attached hydrogens (tertiary/aromatic N) is 2. The standard InChI is InChI=1S/C12H16IN3S/c1-3-4-16-7-10(6-15-16)12(14-2)9-5-11(13)17-8-9/h5-8,12,14H,3-4H2,1-2H3. The van der Waals surface area contributed by atoms with Gasteiger partial charge in [-0.3, -0.25) is 4.68 Å². The number of hydrogen-bond acceptors (Lipinski definition) is 3. The molecule has 0 aliphatic rings. The molecule has 92 valence electrons. The first-order valence-corrected chi connectivity index (χ1v) is 7.64. The van der Waals surface area contributed by atoms with Crippen LogP contribution in [-0.4, -0.2) is 16.8 Å². The molecule has 0 spiro atoms. The number of hydrogen-bond donors (Lipinski definition) is 1. The van der Waals surface area contributed by atoms with Gasteiger partial charge < -0.3 is 5.32 Å². The zero-order chi connectivity index (χ0) is 12.3. The lowest BCUT2D eigenvalue weighted by Gasteiger charge is -2.12. The molecule has 0 bridgehead atoms. The first-order chi connectivity index (χ1) is 8.24. The van der Waals surface area contributed by atoms with Gasteiger partial charge in [0, 0.05) is 18.3 Å². The molecule has 5 heteroatoms. The Balaban J connectivity index is 2.22. The molecule has 1 atom stereocenters. The van der Waals surface area contributed by atoms with Gasteiger partial charge in [0.05, 0.1) is 15.1 Å². The molecule has 2 aromatic rings. The Morgan fingerprint density at radius 2 is 2.35 bits per heavy atom. The van der Waals surface area contributed by atoms with E-state index in [0.717, 1.165) is 13.0 Å². The molecule has 0 radical (unpaired) electrons. The molecule has 0 fully saturated rings. The molecule has 0 aliphatic heterocycles. The first kappa shape index (κ1) is 13.0. The van der Waals surface area contributed by atoms with E-state index in [9.17, 15) is 0 Å². The summed E-state index contributed by atoms with van der Waals surface area (Å²) >= 11 is 4.14. The van der Waals surface area contributed by atoms with Gasteiger partial charge in [-0.15, -0.1) is 11.3 Å². The van der Waals surface area contributed by atoms with E-state index in [4.69, 9.17) is 0 Å². The van der Waals surface area contributed by atoms with Crippen molar-refractivity contribution in [2.24, 2.45) is 0 Å². The molecule has 0 aromatic carbocycles. The van der Waals surface area contributed by atoms with Crippen LogP contribution in [0.5, 0.6) is 0 Å². The summed E-state index contributed by atoms with van der Waals surface area (Å²) < 4.78 is 3.33. The predicted molar refractivity (Wildman–Crippen MR) is 80.5 cm³/mol. The third kappa shape index (κ3) is 3.08. The highest BCUT2D eigenvalue weighted by molar-refractivity contribution is 14.1. The number of aryl methyl sites for hydroxylation is 1. The van der Waals surface area contributed by atoms with Crippen LogP contribution in [-0.2, 0) is 6.54 Å². The average molecular weight is 361 g/mol. The molecule has 2 heterocycles. The van der Waals surface area contributed by atoms with Crippen LogP contribution in [0.3, 0.4) is 0 Å². The summed E-state index contributed by atoms with van der Waals surface area (Å²) in [7, 11) is 1.99. The number of halogens is 1. The Labute approximate surface area is 119 Å². The molecule has 1 unspecified atom stereocenters. The lowest BCUT2D eigenvalue weighted by atomic mass is 10.1. The third-order valence-electron chi connectivity index (χ3n) is 2.65. The molecule has 0 saturated carbocycles. The van der Waals surface area contributed by atoms with Crippen molar-refractivity contribution >= 4 is 33.9 Å². The summed E-state index contributed by atoms with van der Waals surface area (Å²) in [4.78, 5) is 0. The van der Waals surface area contributed by atoms with Crippen molar-refractivity contribution in [1.29, 1.82) is 0 Å². The number of nitrogens with one attached hydrogen (secondary N) is 1. The van der Waals surface area contributed by atoms with Crippen molar-refractivity contribution in [3.63, 3.8) is 0 Å². The fourth-order valence-corrected chi connectivity index (χ4v) is 3.28. The minimum atomic E-state index is 0.250. The second-order valence-electron chi connectivity index (χ2n) is 3.94. The van der Waals surface area contributed by atoms with Gasteiger partial charge >= 0.3 is 0 Å². The predicted octanol–water partition coefficient (Wildman–Crippen LogP) is 3.27. The SMILES string of the molecule is CCCn1cc(C(NC)c2csc(I)c2)cn1. The molecule has 1 N–H and O–H groups in total. The summed E-state index contributed by atoms with van der Waals surface area (Å²) in [5.74, 6) is 0. The van der Waals surface area contributed by atoms with E-state index in [1.165, 1.54) is 14.0 Å². The Hall–Kier alpha value is -0.400. The highest BCUT2D eigenvalue weighted by atomic mass is 127. The monoisotopic (exact) mass is 361 g/mol. The van der Waals surface area contributed by atoms with Gasteiger partial charge in [-0.25, -0.2) is 0 Å². The smallest absolute Gasteiger partial charge is 0.0656 e. The summed E-state index contributed by atoms with van der Waals surface area (Å²) in [6.45, 7) is 3.15. The van der Waals surface area contributed by atoms with Gasteiger partial charge in [0.2, 0.25) is 0 Å². The van der Waals surface area contributed by atoms with Gasteiger partial charge in [-0.05, 0) is 53.1 Å². The first-order valence-electron chi connectivity index (χ1n) is 5.68. The molecular weight excluding hydrogens is 345 g/mol. The van der Waals surface area contributed by atoms with E-state index in [-0.39, 0.29) is 6.04 Å². The van der Waals surface area contributed by atoms with Gasteiger partial charge in [-0.2, -0.15) is 5.10 Å². The fraction of sp³-hybridized carbons (Fsp3) is 0.417. The molecule has 3 nitrogen and oxygen atoms in total. The van der Waals surface area contributed by atoms with Gasteiger partial charge in [0.15, 0.2) is 0 Å². The lowest BCUT2D eigenvalue weighted by Crippen LogP contribution is -2.16. The molecular formula is C12H16IN3S. The number of aromatic nitrogens is 2. The molecule has 0 aliphatic carbocycles. The van der Waals surface area contributed by atoms with Crippen molar-refractivity contribution in [3.8, 4) is 0 Å². The zero-order valence-electron chi connectivity index (χ0n) is 9.98. The highest BCUT2D eigenvalue weighted by Gasteiger charge is 2.15. The van der Waals surface area contributed by atoms with Gasteiger partial charge in [-0.1, -0.05) is 6.92 Å². The zero-order valence-corrected chi connectivity index (χ0v) is 13.0. The van der Waals surface area contributed by atoms with Crippen LogP contribution < -0.4 is 5.32 Å². The van der Waals surface area contributed by atoms with Gasteiger partial charge in [0.25, 0.3) is 0 Å². The minimum Gasteiger partial charge on any atom is -0.309 e. The molecule has 17 heavy (non-hydrogen) atoms. The van der Waals surface area contributed by atoms with Crippen molar-refractivity contribution < 1.29 is 0 Å². The largest absolute Gasteiger partial charge is 0.309 e. The maximum absolute atomic E-state index is 4.39. The lowest BCUT2D eigenvalue weighted by molar-refractivity contribution is 0.600.